The van der Waals surface area contributed by atoms with Gasteiger partial charge in [-0.3, -0.25) is 4.79 Å². The van der Waals surface area contributed by atoms with Crippen molar-refractivity contribution in [1.82, 2.24) is 0 Å². The fraction of sp³-hybridized carbons (Fsp3) is 0. The van der Waals surface area contributed by atoms with Gasteiger partial charge in [-0.1, -0.05) is 6.07 Å². The molecule has 1 amide bonds. The standard InChI is InChI=1S/C13H7BrF4N2O/c14-9-5(2-1-3-8(9)19)13(21)20-12-10(17)6(15)4-7(16)11(12)18/h1-4H,19H2,(H,20,21). The van der Waals surface area contributed by atoms with Gasteiger partial charge in [0.25, 0.3) is 5.91 Å². The number of halogens is 5. The van der Waals surface area contributed by atoms with Gasteiger partial charge in [-0.15, -0.1) is 0 Å². The Hall–Kier alpha value is -2.09. The van der Waals surface area contributed by atoms with Gasteiger partial charge in [-0.2, -0.15) is 0 Å². The van der Waals surface area contributed by atoms with Crippen molar-refractivity contribution < 1.29 is 22.4 Å². The lowest BCUT2D eigenvalue weighted by atomic mass is 10.2. The quantitative estimate of drug-likeness (QED) is 0.484. The Balaban J connectivity index is 2.43. The van der Waals surface area contributed by atoms with Crippen molar-refractivity contribution in [2.45, 2.75) is 0 Å². The number of hydrogen-bond donors (Lipinski definition) is 2. The fourth-order valence-corrected chi connectivity index (χ4v) is 2.03. The Morgan fingerprint density at radius 2 is 1.67 bits per heavy atom. The second-order valence-corrected chi connectivity index (χ2v) is 4.80. The third-order valence-corrected chi connectivity index (χ3v) is 3.51. The van der Waals surface area contributed by atoms with Gasteiger partial charge < -0.3 is 11.1 Å². The third kappa shape index (κ3) is 2.85. The van der Waals surface area contributed by atoms with Gasteiger partial charge in [0.05, 0.1) is 10.0 Å². The molecule has 8 heteroatoms. The number of nitrogens with two attached hydrogens (primary N) is 1. The summed E-state index contributed by atoms with van der Waals surface area (Å²) in [5.41, 5.74) is 4.54. The number of carbonyl (C=O) groups excluding carboxylic acids is 1. The molecule has 2 aromatic rings. The third-order valence-electron chi connectivity index (χ3n) is 2.62. The molecule has 0 saturated carbocycles. The maximum atomic E-state index is 13.5. The van der Waals surface area contributed by atoms with Crippen LogP contribution in [0.25, 0.3) is 0 Å². The summed E-state index contributed by atoms with van der Waals surface area (Å²) in [6.45, 7) is 0. The minimum Gasteiger partial charge on any atom is -0.398 e. The van der Waals surface area contributed by atoms with Gasteiger partial charge in [0.2, 0.25) is 0 Å². The van der Waals surface area contributed by atoms with E-state index in [4.69, 9.17) is 5.73 Å². The lowest BCUT2D eigenvalue weighted by molar-refractivity contribution is 0.102. The van der Waals surface area contributed by atoms with Crippen molar-refractivity contribution in [1.29, 1.82) is 0 Å². The number of carbonyl (C=O) groups is 1. The van der Waals surface area contributed by atoms with Crippen LogP contribution in [0.5, 0.6) is 0 Å². The van der Waals surface area contributed by atoms with E-state index in [2.05, 4.69) is 15.9 Å². The average Bonchev–Trinajstić information content (AvgIpc) is 2.44. The molecule has 0 aliphatic carbocycles. The predicted molar refractivity (Wildman–Crippen MR) is 72.8 cm³/mol. The van der Waals surface area contributed by atoms with Gasteiger partial charge in [0.1, 0.15) is 5.69 Å². The lowest BCUT2D eigenvalue weighted by Crippen LogP contribution is -2.16. The molecule has 21 heavy (non-hydrogen) atoms. The van der Waals surface area contributed by atoms with E-state index in [1.54, 1.807) is 5.32 Å². The number of amides is 1. The van der Waals surface area contributed by atoms with E-state index in [0.29, 0.717) is 0 Å². The lowest BCUT2D eigenvalue weighted by Gasteiger charge is -2.10. The van der Waals surface area contributed by atoms with Crippen LogP contribution < -0.4 is 11.1 Å². The number of hydrogen-bond acceptors (Lipinski definition) is 2. The first-order valence-electron chi connectivity index (χ1n) is 5.51. The van der Waals surface area contributed by atoms with Crippen LogP contribution in [-0.4, -0.2) is 5.91 Å². The fourth-order valence-electron chi connectivity index (χ4n) is 1.59. The summed E-state index contributed by atoms with van der Waals surface area (Å²) >= 11 is 3.04. The molecule has 0 aliphatic heterocycles. The molecule has 0 saturated heterocycles. The second kappa shape index (κ2) is 5.72. The van der Waals surface area contributed by atoms with Gasteiger partial charge >= 0.3 is 0 Å². The monoisotopic (exact) mass is 362 g/mol. The van der Waals surface area contributed by atoms with Crippen molar-refractivity contribution in [2.24, 2.45) is 0 Å². The number of nitrogens with one attached hydrogen (secondary N) is 1. The highest BCUT2D eigenvalue weighted by atomic mass is 79.9. The molecule has 0 aliphatic rings. The van der Waals surface area contributed by atoms with Crippen molar-refractivity contribution in [3.8, 4) is 0 Å². The highest BCUT2D eigenvalue weighted by molar-refractivity contribution is 9.10. The Bertz CT molecular complexity index is 710. The summed E-state index contributed by atoms with van der Waals surface area (Å²) < 4.78 is 53.2. The van der Waals surface area contributed by atoms with E-state index < -0.39 is 34.9 Å². The Morgan fingerprint density at radius 1 is 1.10 bits per heavy atom. The Morgan fingerprint density at radius 3 is 2.24 bits per heavy atom. The molecule has 0 aromatic heterocycles. The Kier molecular flexibility index (Phi) is 4.17. The highest BCUT2D eigenvalue weighted by Crippen LogP contribution is 2.27. The summed E-state index contributed by atoms with van der Waals surface area (Å²) in [4.78, 5) is 11.9. The van der Waals surface area contributed by atoms with Crippen LogP contribution in [0.3, 0.4) is 0 Å². The van der Waals surface area contributed by atoms with Crippen molar-refractivity contribution in [3.63, 3.8) is 0 Å². The number of benzene rings is 2. The van der Waals surface area contributed by atoms with E-state index in [1.165, 1.54) is 18.2 Å². The number of anilines is 2. The molecule has 3 nitrogen and oxygen atoms in total. The first kappa shape index (κ1) is 15.3. The van der Waals surface area contributed by atoms with E-state index in [1.807, 2.05) is 0 Å². The minimum atomic E-state index is -1.69. The van der Waals surface area contributed by atoms with E-state index in [-0.39, 0.29) is 21.8 Å². The molecular weight excluding hydrogens is 356 g/mol. The van der Waals surface area contributed by atoms with E-state index >= 15 is 0 Å². The molecule has 0 bridgehead atoms. The van der Waals surface area contributed by atoms with Crippen LogP contribution in [0.2, 0.25) is 0 Å². The van der Waals surface area contributed by atoms with Crippen LogP contribution in [0.1, 0.15) is 10.4 Å². The largest absolute Gasteiger partial charge is 0.398 e. The molecule has 2 rings (SSSR count). The second-order valence-electron chi connectivity index (χ2n) is 4.01. The molecular formula is C13H7BrF4N2O. The summed E-state index contributed by atoms with van der Waals surface area (Å²) in [5.74, 6) is -7.59. The predicted octanol–water partition coefficient (Wildman–Crippen LogP) is 3.84. The topological polar surface area (TPSA) is 55.1 Å². The molecule has 3 N–H and O–H groups in total. The molecule has 0 fully saturated rings. The first-order valence-corrected chi connectivity index (χ1v) is 6.30. The zero-order valence-corrected chi connectivity index (χ0v) is 11.8. The summed E-state index contributed by atoms with van der Waals surface area (Å²) in [7, 11) is 0. The number of nitrogen functional groups attached to an aromatic ring is 1. The SMILES string of the molecule is Nc1cccc(C(=O)Nc2c(F)c(F)cc(F)c2F)c1Br. The highest BCUT2D eigenvalue weighted by Gasteiger charge is 2.22. The minimum absolute atomic E-state index is 0.0431. The van der Waals surface area contributed by atoms with Crippen LogP contribution in [0, 0.1) is 23.3 Å². The van der Waals surface area contributed by atoms with Crippen LogP contribution in [0.15, 0.2) is 28.7 Å². The summed E-state index contributed by atoms with van der Waals surface area (Å²) in [6.07, 6.45) is 0. The van der Waals surface area contributed by atoms with Gasteiger partial charge in [-0.25, -0.2) is 17.6 Å². The maximum Gasteiger partial charge on any atom is 0.257 e. The summed E-state index contributed by atoms with van der Waals surface area (Å²) in [6, 6.07) is 4.30. The average molecular weight is 363 g/mol. The van der Waals surface area contributed by atoms with Crippen molar-refractivity contribution in [2.75, 3.05) is 11.1 Å². The van der Waals surface area contributed by atoms with Gasteiger partial charge in [0, 0.05) is 11.8 Å². The smallest absolute Gasteiger partial charge is 0.257 e. The molecule has 0 radical (unpaired) electrons. The molecule has 110 valence electrons. The molecule has 0 atom stereocenters. The van der Waals surface area contributed by atoms with Crippen molar-refractivity contribution >= 4 is 33.2 Å². The Labute approximate surface area is 124 Å². The maximum absolute atomic E-state index is 13.5. The zero-order chi connectivity index (χ0) is 15.7. The normalized spacial score (nSPS) is 10.5. The number of rotatable bonds is 2. The molecule has 2 aromatic carbocycles. The van der Waals surface area contributed by atoms with Crippen LogP contribution in [-0.2, 0) is 0 Å². The first-order chi connectivity index (χ1) is 9.82. The van der Waals surface area contributed by atoms with Gasteiger partial charge in [0.15, 0.2) is 23.3 Å². The summed E-state index contributed by atoms with van der Waals surface area (Å²) in [5, 5.41) is 1.79. The van der Waals surface area contributed by atoms with E-state index in [0.717, 1.165) is 0 Å². The van der Waals surface area contributed by atoms with Gasteiger partial charge in [-0.05, 0) is 28.1 Å². The zero-order valence-electron chi connectivity index (χ0n) is 10.2. The molecule has 0 spiro atoms. The van der Waals surface area contributed by atoms with Crippen LogP contribution >= 0.6 is 15.9 Å². The van der Waals surface area contributed by atoms with E-state index in [9.17, 15) is 22.4 Å². The molecule has 0 unspecified atom stereocenters. The van der Waals surface area contributed by atoms with Crippen molar-refractivity contribution in [3.05, 3.63) is 57.6 Å². The molecule has 0 heterocycles. The van der Waals surface area contributed by atoms with Crippen LogP contribution in [0.4, 0.5) is 28.9 Å².